The Labute approximate surface area is 113 Å². The van der Waals surface area contributed by atoms with E-state index in [4.69, 9.17) is 18.9 Å². The van der Waals surface area contributed by atoms with Crippen molar-refractivity contribution in [1.82, 2.24) is 0 Å². The van der Waals surface area contributed by atoms with Gasteiger partial charge in [-0.05, 0) is 0 Å². The van der Waals surface area contributed by atoms with Gasteiger partial charge in [0.2, 0.25) is 5.75 Å². The van der Waals surface area contributed by atoms with E-state index >= 15 is 0 Å². The average molecular weight is 267 g/mol. The first-order valence-corrected chi connectivity index (χ1v) is 6.23. The van der Waals surface area contributed by atoms with Gasteiger partial charge in [-0.3, -0.25) is 0 Å². The van der Waals surface area contributed by atoms with Gasteiger partial charge in [-0.25, -0.2) is 0 Å². The summed E-state index contributed by atoms with van der Waals surface area (Å²) in [5, 5.41) is 3.39. The van der Waals surface area contributed by atoms with Crippen LogP contribution < -0.4 is 19.5 Å². The van der Waals surface area contributed by atoms with Crippen molar-refractivity contribution in [1.29, 1.82) is 0 Å². The number of benzene rings is 1. The number of ether oxygens (including phenoxy) is 4. The van der Waals surface area contributed by atoms with Gasteiger partial charge in [-0.1, -0.05) is 6.92 Å². The molecule has 0 radical (unpaired) electrons. The normalized spacial score (nSPS) is 16.4. The Morgan fingerprint density at radius 2 is 1.68 bits per heavy atom. The molecule has 5 nitrogen and oxygen atoms in total. The van der Waals surface area contributed by atoms with E-state index < -0.39 is 0 Å². The molecule has 1 aromatic carbocycles. The average Bonchev–Trinajstić information content (AvgIpc) is 2.41. The van der Waals surface area contributed by atoms with E-state index in [1.807, 2.05) is 12.1 Å². The minimum Gasteiger partial charge on any atom is -0.493 e. The van der Waals surface area contributed by atoms with Gasteiger partial charge in [0.25, 0.3) is 0 Å². The van der Waals surface area contributed by atoms with Crippen molar-refractivity contribution >= 4 is 5.69 Å². The van der Waals surface area contributed by atoms with Crippen LogP contribution in [-0.2, 0) is 4.74 Å². The van der Waals surface area contributed by atoms with E-state index in [9.17, 15) is 0 Å². The van der Waals surface area contributed by atoms with Crippen molar-refractivity contribution in [2.24, 2.45) is 5.41 Å². The molecule has 1 fully saturated rings. The van der Waals surface area contributed by atoms with E-state index in [1.54, 1.807) is 21.3 Å². The van der Waals surface area contributed by atoms with Crippen LogP contribution in [0.25, 0.3) is 0 Å². The van der Waals surface area contributed by atoms with Gasteiger partial charge in [0.15, 0.2) is 11.5 Å². The van der Waals surface area contributed by atoms with Crippen molar-refractivity contribution in [2.75, 3.05) is 46.4 Å². The Hall–Kier alpha value is -1.62. The maximum absolute atomic E-state index is 5.32. The molecule has 5 heteroatoms. The predicted molar refractivity (Wildman–Crippen MR) is 73.5 cm³/mol. The zero-order valence-electron chi connectivity index (χ0n) is 11.9. The molecule has 0 saturated carbocycles. The molecule has 0 amide bonds. The fourth-order valence-electron chi connectivity index (χ4n) is 2.05. The van der Waals surface area contributed by atoms with Gasteiger partial charge in [0, 0.05) is 29.8 Å². The van der Waals surface area contributed by atoms with Crippen LogP contribution in [0.4, 0.5) is 5.69 Å². The summed E-state index contributed by atoms with van der Waals surface area (Å²) in [6.45, 7) is 4.64. The third-order valence-electron chi connectivity index (χ3n) is 3.29. The van der Waals surface area contributed by atoms with Crippen LogP contribution in [-0.4, -0.2) is 41.1 Å². The first kappa shape index (κ1) is 13.8. The summed E-state index contributed by atoms with van der Waals surface area (Å²) in [4.78, 5) is 0. The second-order valence-electron chi connectivity index (χ2n) is 5.07. The topological polar surface area (TPSA) is 49.0 Å². The lowest BCUT2D eigenvalue weighted by Crippen LogP contribution is -2.45. The van der Waals surface area contributed by atoms with Crippen LogP contribution in [0.5, 0.6) is 17.2 Å². The van der Waals surface area contributed by atoms with Crippen LogP contribution in [0.15, 0.2) is 12.1 Å². The Morgan fingerprint density at radius 1 is 1.11 bits per heavy atom. The van der Waals surface area contributed by atoms with Gasteiger partial charge in [0.05, 0.1) is 34.5 Å². The highest BCUT2D eigenvalue weighted by Crippen LogP contribution is 2.40. The molecule has 0 unspecified atom stereocenters. The van der Waals surface area contributed by atoms with E-state index in [1.165, 1.54) is 0 Å². The maximum atomic E-state index is 5.32. The van der Waals surface area contributed by atoms with Gasteiger partial charge in [-0.15, -0.1) is 0 Å². The summed E-state index contributed by atoms with van der Waals surface area (Å²) < 4.78 is 21.2. The molecule has 1 aliphatic rings. The molecule has 1 N–H and O–H groups in total. The summed E-state index contributed by atoms with van der Waals surface area (Å²) in [7, 11) is 4.82. The van der Waals surface area contributed by atoms with Gasteiger partial charge < -0.3 is 24.3 Å². The highest BCUT2D eigenvalue weighted by Gasteiger charge is 2.33. The molecule has 1 heterocycles. The molecule has 106 valence electrons. The Kier molecular flexibility index (Phi) is 4.04. The molecule has 1 saturated heterocycles. The third-order valence-corrected chi connectivity index (χ3v) is 3.29. The van der Waals surface area contributed by atoms with Crippen LogP contribution in [0.2, 0.25) is 0 Å². The minimum absolute atomic E-state index is 0.209. The zero-order chi connectivity index (χ0) is 13.9. The smallest absolute Gasteiger partial charge is 0.203 e. The van der Waals surface area contributed by atoms with Gasteiger partial charge >= 0.3 is 0 Å². The van der Waals surface area contributed by atoms with Crippen molar-refractivity contribution in [3.05, 3.63) is 12.1 Å². The van der Waals surface area contributed by atoms with Crippen molar-refractivity contribution in [3.8, 4) is 17.2 Å². The summed E-state index contributed by atoms with van der Waals surface area (Å²) in [5.41, 5.74) is 1.16. The maximum Gasteiger partial charge on any atom is 0.203 e. The van der Waals surface area contributed by atoms with Gasteiger partial charge in [0.1, 0.15) is 0 Å². The van der Waals surface area contributed by atoms with E-state index in [0.717, 1.165) is 25.4 Å². The molecule has 0 bridgehead atoms. The molecule has 19 heavy (non-hydrogen) atoms. The minimum atomic E-state index is 0.209. The number of hydrogen-bond donors (Lipinski definition) is 1. The predicted octanol–water partition coefficient (Wildman–Crippen LogP) is 2.16. The second-order valence-corrected chi connectivity index (χ2v) is 5.07. The SMILES string of the molecule is COc1cc(NCC2(C)COC2)cc(OC)c1OC. The number of methoxy groups -OCH3 is 3. The lowest BCUT2D eigenvalue weighted by atomic mass is 9.88. The fraction of sp³-hybridized carbons (Fsp3) is 0.571. The molecule has 0 spiro atoms. The van der Waals surface area contributed by atoms with Crippen molar-refractivity contribution in [3.63, 3.8) is 0 Å². The van der Waals surface area contributed by atoms with Crippen LogP contribution >= 0.6 is 0 Å². The van der Waals surface area contributed by atoms with E-state index in [-0.39, 0.29) is 5.41 Å². The Balaban J connectivity index is 2.16. The lowest BCUT2D eigenvalue weighted by Gasteiger charge is -2.38. The molecule has 0 atom stereocenters. The molecule has 0 aromatic heterocycles. The molecule has 2 rings (SSSR count). The van der Waals surface area contributed by atoms with E-state index in [2.05, 4.69) is 12.2 Å². The lowest BCUT2D eigenvalue weighted by molar-refractivity contribution is -0.0924. The molecule has 1 aliphatic heterocycles. The van der Waals surface area contributed by atoms with Crippen molar-refractivity contribution in [2.45, 2.75) is 6.92 Å². The summed E-state index contributed by atoms with van der Waals surface area (Å²) in [6, 6.07) is 3.81. The molecular formula is C14H21NO4. The summed E-state index contributed by atoms with van der Waals surface area (Å²) >= 11 is 0. The van der Waals surface area contributed by atoms with E-state index in [0.29, 0.717) is 17.2 Å². The standard InChI is InChI=1S/C14H21NO4/c1-14(8-19-9-14)7-15-10-5-11(16-2)13(18-4)12(6-10)17-3/h5-6,15H,7-9H2,1-4H3. The molecule has 0 aliphatic carbocycles. The number of hydrogen-bond acceptors (Lipinski definition) is 5. The Bertz CT molecular complexity index is 418. The van der Waals surface area contributed by atoms with Crippen LogP contribution in [0, 0.1) is 5.41 Å². The van der Waals surface area contributed by atoms with Crippen LogP contribution in [0.1, 0.15) is 6.92 Å². The first-order chi connectivity index (χ1) is 9.11. The number of anilines is 1. The largest absolute Gasteiger partial charge is 0.493 e. The zero-order valence-corrected chi connectivity index (χ0v) is 11.9. The van der Waals surface area contributed by atoms with Crippen molar-refractivity contribution < 1.29 is 18.9 Å². The van der Waals surface area contributed by atoms with Gasteiger partial charge in [-0.2, -0.15) is 0 Å². The quantitative estimate of drug-likeness (QED) is 0.856. The monoisotopic (exact) mass is 267 g/mol. The van der Waals surface area contributed by atoms with Crippen LogP contribution in [0.3, 0.4) is 0 Å². The highest BCUT2D eigenvalue weighted by atomic mass is 16.5. The fourth-order valence-corrected chi connectivity index (χ4v) is 2.05. The second kappa shape index (κ2) is 5.57. The molecular weight excluding hydrogens is 246 g/mol. The molecule has 1 aromatic rings. The first-order valence-electron chi connectivity index (χ1n) is 6.23. The summed E-state index contributed by atoms with van der Waals surface area (Å²) in [6.07, 6.45) is 0. The number of nitrogens with one attached hydrogen (secondary N) is 1. The third kappa shape index (κ3) is 2.87. The number of rotatable bonds is 6. The summed E-state index contributed by atoms with van der Waals surface area (Å²) in [5.74, 6) is 1.91. The highest BCUT2D eigenvalue weighted by molar-refractivity contribution is 5.62. The Morgan fingerprint density at radius 3 is 2.05 bits per heavy atom.